The molecule has 1 amide bonds. The molecule has 0 bridgehead atoms. The SMILES string of the molecule is C=CCn1c(COc2ccccc2OC)nnc1SCC(=O)Nc1ccc(Cl)cc1. The third kappa shape index (κ3) is 5.77. The number of ether oxygens (including phenoxy) is 2. The molecule has 7 nitrogen and oxygen atoms in total. The van der Waals surface area contributed by atoms with Gasteiger partial charge >= 0.3 is 0 Å². The highest BCUT2D eigenvalue weighted by atomic mass is 35.5. The number of hydrogen-bond acceptors (Lipinski definition) is 6. The van der Waals surface area contributed by atoms with Gasteiger partial charge in [0.2, 0.25) is 5.91 Å². The lowest BCUT2D eigenvalue weighted by molar-refractivity contribution is -0.113. The predicted octanol–water partition coefficient (Wildman–Crippen LogP) is 4.44. The number of anilines is 1. The summed E-state index contributed by atoms with van der Waals surface area (Å²) in [4.78, 5) is 12.2. The van der Waals surface area contributed by atoms with E-state index in [1.54, 1.807) is 37.5 Å². The van der Waals surface area contributed by atoms with Crippen molar-refractivity contribution < 1.29 is 14.3 Å². The maximum Gasteiger partial charge on any atom is 0.234 e. The first-order valence-electron chi connectivity index (χ1n) is 9.07. The molecule has 0 radical (unpaired) electrons. The molecule has 3 rings (SSSR count). The largest absolute Gasteiger partial charge is 0.493 e. The van der Waals surface area contributed by atoms with Gasteiger partial charge in [-0.3, -0.25) is 9.36 Å². The number of carbonyl (C=O) groups is 1. The van der Waals surface area contributed by atoms with Gasteiger partial charge in [0.25, 0.3) is 0 Å². The topological polar surface area (TPSA) is 78.3 Å². The van der Waals surface area contributed by atoms with E-state index in [2.05, 4.69) is 22.1 Å². The van der Waals surface area contributed by atoms with E-state index in [4.69, 9.17) is 21.1 Å². The van der Waals surface area contributed by atoms with Gasteiger partial charge in [0.1, 0.15) is 6.61 Å². The summed E-state index contributed by atoms with van der Waals surface area (Å²) in [5, 5.41) is 12.5. The number of benzene rings is 2. The normalized spacial score (nSPS) is 10.5. The summed E-state index contributed by atoms with van der Waals surface area (Å²) in [6.07, 6.45) is 1.74. The van der Waals surface area contributed by atoms with Crippen LogP contribution >= 0.6 is 23.4 Å². The van der Waals surface area contributed by atoms with Gasteiger partial charge in [-0.05, 0) is 36.4 Å². The van der Waals surface area contributed by atoms with E-state index in [9.17, 15) is 4.79 Å². The van der Waals surface area contributed by atoms with Crippen LogP contribution in [0.2, 0.25) is 5.02 Å². The molecule has 0 saturated heterocycles. The Morgan fingerprint density at radius 3 is 2.63 bits per heavy atom. The quantitative estimate of drug-likeness (QED) is 0.368. The van der Waals surface area contributed by atoms with Crippen LogP contribution < -0.4 is 14.8 Å². The fourth-order valence-corrected chi connectivity index (χ4v) is 3.48. The summed E-state index contributed by atoms with van der Waals surface area (Å²) in [5.41, 5.74) is 0.684. The molecular formula is C21H21ClN4O3S. The van der Waals surface area contributed by atoms with Gasteiger partial charge < -0.3 is 14.8 Å². The molecule has 0 aliphatic carbocycles. The summed E-state index contributed by atoms with van der Waals surface area (Å²) in [6, 6.07) is 14.3. The van der Waals surface area contributed by atoms with Crippen molar-refractivity contribution in [3.05, 3.63) is 72.0 Å². The fraction of sp³-hybridized carbons (Fsp3) is 0.190. The van der Waals surface area contributed by atoms with E-state index >= 15 is 0 Å². The number of carbonyl (C=O) groups excluding carboxylic acids is 1. The molecule has 0 fully saturated rings. The number of halogens is 1. The van der Waals surface area contributed by atoms with Crippen molar-refractivity contribution in [1.82, 2.24) is 14.8 Å². The number of aromatic nitrogens is 3. The van der Waals surface area contributed by atoms with Gasteiger partial charge in [-0.1, -0.05) is 41.6 Å². The van der Waals surface area contributed by atoms with Gasteiger partial charge in [0.05, 0.1) is 12.9 Å². The van der Waals surface area contributed by atoms with Gasteiger partial charge in [-0.2, -0.15) is 0 Å². The highest BCUT2D eigenvalue weighted by Crippen LogP contribution is 2.27. The monoisotopic (exact) mass is 444 g/mol. The Balaban J connectivity index is 1.62. The molecule has 0 spiro atoms. The Morgan fingerprint density at radius 1 is 1.20 bits per heavy atom. The molecule has 30 heavy (non-hydrogen) atoms. The Labute approximate surface area is 184 Å². The number of amides is 1. The molecular weight excluding hydrogens is 424 g/mol. The number of nitrogens with one attached hydrogen (secondary N) is 1. The van der Waals surface area contributed by atoms with Crippen molar-refractivity contribution in [3.8, 4) is 11.5 Å². The average Bonchev–Trinajstić information content (AvgIpc) is 3.14. The molecule has 2 aromatic carbocycles. The Hall–Kier alpha value is -2.97. The smallest absolute Gasteiger partial charge is 0.234 e. The van der Waals surface area contributed by atoms with E-state index < -0.39 is 0 Å². The molecule has 0 saturated carbocycles. The molecule has 3 aromatic rings. The second-order valence-corrected chi connectivity index (χ2v) is 7.46. The first-order chi connectivity index (χ1) is 14.6. The zero-order valence-electron chi connectivity index (χ0n) is 16.4. The number of thioether (sulfide) groups is 1. The second-order valence-electron chi connectivity index (χ2n) is 6.08. The van der Waals surface area contributed by atoms with Gasteiger partial charge in [0.15, 0.2) is 22.5 Å². The first-order valence-corrected chi connectivity index (χ1v) is 10.4. The van der Waals surface area contributed by atoms with Crippen LogP contribution in [0, 0.1) is 0 Å². The van der Waals surface area contributed by atoms with Crippen LogP contribution in [0.3, 0.4) is 0 Å². The maximum absolute atomic E-state index is 12.2. The number of allylic oxidation sites excluding steroid dienone is 1. The molecule has 0 aliphatic rings. The van der Waals surface area contributed by atoms with Crippen LogP contribution in [0.4, 0.5) is 5.69 Å². The van der Waals surface area contributed by atoms with Crippen LogP contribution in [-0.2, 0) is 17.9 Å². The summed E-state index contributed by atoms with van der Waals surface area (Å²) in [6.45, 7) is 4.49. The number of para-hydroxylation sites is 2. The van der Waals surface area contributed by atoms with Crippen molar-refractivity contribution in [2.75, 3.05) is 18.2 Å². The zero-order chi connectivity index (χ0) is 21.3. The van der Waals surface area contributed by atoms with E-state index in [-0.39, 0.29) is 18.3 Å². The molecule has 0 unspecified atom stereocenters. The molecule has 9 heteroatoms. The fourth-order valence-electron chi connectivity index (χ4n) is 2.59. The van der Waals surface area contributed by atoms with E-state index in [1.165, 1.54) is 11.8 Å². The zero-order valence-corrected chi connectivity index (χ0v) is 17.9. The molecule has 1 aromatic heterocycles. The molecule has 0 atom stereocenters. The standard InChI is InChI=1S/C21H21ClN4O3S/c1-3-12-26-19(13-29-18-7-5-4-6-17(18)28-2)24-25-21(26)30-14-20(27)23-16-10-8-15(22)9-11-16/h3-11H,1,12-14H2,2H3,(H,23,27). The Bertz CT molecular complexity index is 1010. The number of methoxy groups -OCH3 is 1. The molecule has 1 N–H and O–H groups in total. The average molecular weight is 445 g/mol. The highest BCUT2D eigenvalue weighted by molar-refractivity contribution is 7.99. The summed E-state index contributed by atoms with van der Waals surface area (Å²) in [7, 11) is 1.59. The Morgan fingerprint density at radius 2 is 1.93 bits per heavy atom. The third-order valence-corrected chi connectivity index (χ3v) is 5.21. The van der Waals surface area contributed by atoms with E-state index in [1.807, 2.05) is 28.8 Å². The number of nitrogens with zero attached hydrogens (tertiary/aromatic N) is 3. The number of hydrogen-bond donors (Lipinski definition) is 1. The van der Waals surface area contributed by atoms with Crippen molar-refractivity contribution in [3.63, 3.8) is 0 Å². The van der Waals surface area contributed by atoms with E-state index in [0.29, 0.717) is 39.7 Å². The van der Waals surface area contributed by atoms with Crippen molar-refractivity contribution in [2.24, 2.45) is 0 Å². The summed E-state index contributed by atoms with van der Waals surface area (Å²) < 4.78 is 13.0. The van der Waals surface area contributed by atoms with Crippen LogP contribution in [-0.4, -0.2) is 33.5 Å². The Kier molecular flexibility index (Phi) is 7.75. The second kappa shape index (κ2) is 10.7. The van der Waals surface area contributed by atoms with Crippen molar-refractivity contribution >= 4 is 35.0 Å². The molecule has 156 valence electrons. The van der Waals surface area contributed by atoms with Crippen molar-refractivity contribution in [2.45, 2.75) is 18.3 Å². The van der Waals surface area contributed by atoms with E-state index in [0.717, 1.165) is 0 Å². The molecule has 1 heterocycles. The highest BCUT2D eigenvalue weighted by Gasteiger charge is 2.15. The summed E-state index contributed by atoms with van der Waals surface area (Å²) >= 11 is 7.15. The molecule has 0 aliphatic heterocycles. The minimum atomic E-state index is -0.151. The van der Waals surface area contributed by atoms with Crippen LogP contribution in [0.15, 0.2) is 66.3 Å². The van der Waals surface area contributed by atoms with Crippen molar-refractivity contribution in [1.29, 1.82) is 0 Å². The van der Waals surface area contributed by atoms with Crippen LogP contribution in [0.5, 0.6) is 11.5 Å². The third-order valence-electron chi connectivity index (χ3n) is 3.99. The lowest BCUT2D eigenvalue weighted by Crippen LogP contribution is -2.15. The van der Waals surface area contributed by atoms with Crippen LogP contribution in [0.1, 0.15) is 5.82 Å². The summed E-state index contributed by atoms with van der Waals surface area (Å²) in [5.74, 6) is 1.92. The van der Waals surface area contributed by atoms with Gasteiger partial charge in [0, 0.05) is 17.3 Å². The van der Waals surface area contributed by atoms with Gasteiger partial charge in [-0.15, -0.1) is 16.8 Å². The number of rotatable bonds is 10. The predicted molar refractivity (Wildman–Crippen MR) is 118 cm³/mol. The lowest BCUT2D eigenvalue weighted by atomic mass is 10.3. The minimum absolute atomic E-state index is 0.151. The van der Waals surface area contributed by atoms with Gasteiger partial charge in [-0.25, -0.2) is 0 Å². The van der Waals surface area contributed by atoms with Crippen LogP contribution in [0.25, 0.3) is 0 Å². The maximum atomic E-state index is 12.2. The minimum Gasteiger partial charge on any atom is -0.493 e. The lowest BCUT2D eigenvalue weighted by Gasteiger charge is -2.11. The first kappa shape index (κ1) is 21.7.